The van der Waals surface area contributed by atoms with Crippen LogP contribution in [0.3, 0.4) is 0 Å². The minimum atomic E-state index is 0.488. The molecule has 1 rings (SSSR count). The number of nitrogens with zero attached hydrogens (tertiary/aromatic N) is 3. The zero-order valence-electron chi connectivity index (χ0n) is 9.96. The molecule has 86 valence electrons. The number of anilines is 1. The lowest BCUT2D eigenvalue weighted by molar-refractivity contribution is 0.858. The summed E-state index contributed by atoms with van der Waals surface area (Å²) in [5.41, 5.74) is 2.22. The summed E-state index contributed by atoms with van der Waals surface area (Å²) in [5, 5.41) is 8.78. The molecule has 0 amide bonds. The molecule has 0 aliphatic heterocycles. The normalized spacial score (nSPS) is 11.8. The molecular formula is C12H18N4. The maximum atomic E-state index is 5.08. The van der Waals surface area contributed by atoms with E-state index in [0.29, 0.717) is 5.92 Å². The Morgan fingerprint density at radius 2 is 2.12 bits per heavy atom. The molecule has 0 saturated heterocycles. The first-order valence-corrected chi connectivity index (χ1v) is 5.32. The van der Waals surface area contributed by atoms with Crippen molar-refractivity contribution >= 4 is 5.69 Å². The van der Waals surface area contributed by atoms with E-state index in [4.69, 9.17) is 5.84 Å². The first kappa shape index (κ1) is 12.2. The molecule has 0 aliphatic carbocycles. The quantitative estimate of drug-likeness (QED) is 0.478. The lowest BCUT2D eigenvalue weighted by Crippen LogP contribution is -2.07. The summed E-state index contributed by atoms with van der Waals surface area (Å²) in [6.07, 6.45) is 3.70. The van der Waals surface area contributed by atoms with Crippen LogP contribution in [0.2, 0.25) is 0 Å². The molecule has 0 bridgehead atoms. The van der Waals surface area contributed by atoms with E-state index < -0.39 is 0 Å². The standard InChI is InChI=1S/C12H18N4/c1-4-8-16(15-14-13)12-7-5-6-11(9-12)10(2)3/h4-10H,1-3H3,(H2,13,15)/b8-4-. The van der Waals surface area contributed by atoms with Crippen LogP contribution in [0, 0.1) is 0 Å². The van der Waals surface area contributed by atoms with Gasteiger partial charge in [-0.3, -0.25) is 0 Å². The molecule has 0 aliphatic rings. The van der Waals surface area contributed by atoms with Gasteiger partial charge in [-0.25, -0.2) is 5.01 Å². The van der Waals surface area contributed by atoms with Gasteiger partial charge in [0, 0.05) is 6.20 Å². The molecule has 0 aromatic heterocycles. The van der Waals surface area contributed by atoms with Crippen molar-refractivity contribution in [3.63, 3.8) is 0 Å². The van der Waals surface area contributed by atoms with Crippen molar-refractivity contribution < 1.29 is 0 Å². The molecular weight excluding hydrogens is 200 g/mol. The Balaban J connectivity index is 3.04. The Morgan fingerprint density at radius 3 is 2.69 bits per heavy atom. The second-order valence-electron chi connectivity index (χ2n) is 3.78. The summed E-state index contributed by atoms with van der Waals surface area (Å²) < 4.78 is 0. The van der Waals surface area contributed by atoms with Gasteiger partial charge in [-0.05, 0) is 35.8 Å². The van der Waals surface area contributed by atoms with Crippen LogP contribution in [0.25, 0.3) is 0 Å². The molecule has 0 fully saturated rings. The minimum absolute atomic E-state index is 0.488. The third-order valence-electron chi connectivity index (χ3n) is 2.24. The van der Waals surface area contributed by atoms with Crippen LogP contribution in [-0.4, -0.2) is 0 Å². The maximum absolute atomic E-state index is 5.08. The summed E-state index contributed by atoms with van der Waals surface area (Å²) in [6.45, 7) is 6.23. The summed E-state index contributed by atoms with van der Waals surface area (Å²) in [5.74, 6) is 5.57. The van der Waals surface area contributed by atoms with Gasteiger partial charge < -0.3 is 5.84 Å². The first-order chi connectivity index (χ1) is 7.69. The van der Waals surface area contributed by atoms with Crippen LogP contribution in [0.4, 0.5) is 5.69 Å². The number of allylic oxidation sites excluding steroid dienone is 1. The van der Waals surface area contributed by atoms with Crippen molar-refractivity contribution in [3.8, 4) is 0 Å². The SMILES string of the molecule is C/C=C\N(/N=N\N)c1cccc(C(C)C)c1. The third kappa shape index (κ3) is 3.08. The molecule has 1 aromatic rings. The lowest BCUT2D eigenvalue weighted by atomic mass is 10.0. The number of hydrogen-bond acceptors (Lipinski definition) is 2. The van der Waals surface area contributed by atoms with E-state index in [9.17, 15) is 0 Å². The summed E-state index contributed by atoms with van der Waals surface area (Å²) in [7, 11) is 0. The second-order valence-corrected chi connectivity index (χ2v) is 3.78. The highest BCUT2D eigenvalue weighted by molar-refractivity contribution is 5.50. The van der Waals surface area contributed by atoms with E-state index in [0.717, 1.165) is 5.69 Å². The summed E-state index contributed by atoms with van der Waals surface area (Å²) in [6, 6.07) is 8.16. The van der Waals surface area contributed by atoms with Crippen LogP contribution < -0.4 is 10.9 Å². The molecule has 0 atom stereocenters. The Morgan fingerprint density at radius 1 is 1.38 bits per heavy atom. The maximum Gasteiger partial charge on any atom is 0.0666 e. The van der Waals surface area contributed by atoms with Gasteiger partial charge in [0.2, 0.25) is 0 Å². The smallest absolute Gasteiger partial charge is 0.0666 e. The number of hydrogen-bond donors (Lipinski definition) is 1. The van der Waals surface area contributed by atoms with Crippen LogP contribution in [0.1, 0.15) is 32.3 Å². The summed E-state index contributed by atoms with van der Waals surface area (Å²) in [4.78, 5) is 0. The fraction of sp³-hybridized carbons (Fsp3) is 0.333. The van der Waals surface area contributed by atoms with Gasteiger partial charge in [-0.2, -0.15) is 0 Å². The Labute approximate surface area is 96.4 Å². The highest BCUT2D eigenvalue weighted by Crippen LogP contribution is 2.22. The van der Waals surface area contributed by atoms with Crippen LogP contribution in [-0.2, 0) is 0 Å². The molecule has 0 heterocycles. The average Bonchev–Trinajstić information content (AvgIpc) is 2.29. The van der Waals surface area contributed by atoms with Gasteiger partial charge in [-0.15, -0.1) is 0 Å². The largest absolute Gasteiger partial charge is 0.303 e. The van der Waals surface area contributed by atoms with Gasteiger partial charge in [0.1, 0.15) is 0 Å². The van der Waals surface area contributed by atoms with Gasteiger partial charge in [0.25, 0.3) is 0 Å². The predicted octanol–water partition coefficient (Wildman–Crippen LogP) is 3.39. The van der Waals surface area contributed by atoms with E-state index in [1.54, 1.807) is 5.01 Å². The Kier molecular flexibility index (Phi) is 4.51. The van der Waals surface area contributed by atoms with Crippen LogP contribution in [0.15, 0.2) is 47.0 Å². The first-order valence-electron chi connectivity index (χ1n) is 5.32. The number of benzene rings is 1. The highest BCUT2D eigenvalue weighted by Gasteiger charge is 2.04. The van der Waals surface area contributed by atoms with E-state index in [-0.39, 0.29) is 0 Å². The van der Waals surface area contributed by atoms with E-state index in [1.165, 1.54) is 5.56 Å². The van der Waals surface area contributed by atoms with E-state index >= 15 is 0 Å². The zero-order chi connectivity index (χ0) is 12.0. The second kappa shape index (κ2) is 5.90. The van der Waals surface area contributed by atoms with Crippen molar-refractivity contribution in [1.29, 1.82) is 0 Å². The molecule has 16 heavy (non-hydrogen) atoms. The van der Waals surface area contributed by atoms with Crippen molar-refractivity contribution in [2.24, 2.45) is 16.3 Å². The predicted molar refractivity (Wildman–Crippen MR) is 66.9 cm³/mol. The van der Waals surface area contributed by atoms with Crippen molar-refractivity contribution in [3.05, 3.63) is 42.1 Å². The van der Waals surface area contributed by atoms with Gasteiger partial charge in [0.05, 0.1) is 5.69 Å². The Hall–Kier alpha value is -1.84. The third-order valence-corrected chi connectivity index (χ3v) is 2.24. The van der Waals surface area contributed by atoms with Crippen LogP contribution >= 0.6 is 0 Å². The minimum Gasteiger partial charge on any atom is -0.303 e. The van der Waals surface area contributed by atoms with Gasteiger partial charge in [0.15, 0.2) is 0 Å². The molecule has 0 radical (unpaired) electrons. The average molecular weight is 218 g/mol. The zero-order valence-corrected chi connectivity index (χ0v) is 9.96. The van der Waals surface area contributed by atoms with Gasteiger partial charge in [-0.1, -0.05) is 37.3 Å². The topological polar surface area (TPSA) is 54.0 Å². The summed E-state index contributed by atoms with van der Waals surface area (Å²) >= 11 is 0. The fourth-order valence-corrected chi connectivity index (χ4v) is 1.39. The molecule has 4 heteroatoms. The van der Waals surface area contributed by atoms with E-state index in [2.05, 4.69) is 36.4 Å². The lowest BCUT2D eigenvalue weighted by Gasteiger charge is -2.14. The fourth-order valence-electron chi connectivity index (χ4n) is 1.39. The van der Waals surface area contributed by atoms with E-state index in [1.807, 2.05) is 31.3 Å². The van der Waals surface area contributed by atoms with Crippen molar-refractivity contribution in [1.82, 2.24) is 0 Å². The molecule has 4 nitrogen and oxygen atoms in total. The molecule has 1 aromatic carbocycles. The molecule has 0 unspecified atom stereocenters. The number of rotatable bonds is 4. The Bertz CT molecular complexity index is 370. The number of nitrogens with two attached hydrogens (primary N) is 1. The molecule has 2 N–H and O–H groups in total. The van der Waals surface area contributed by atoms with Crippen molar-refractivity contribution in [2.75, 3.05) is 5.01 Å². The molecule has 0 saturated carbocycles. The molecule has 0 spiro atoms. The van der Waals surface area contributed by atoms with Crippen molar-refractivity contribution in [2.45, 2.75) is 26.7 Å². The van der Waals surface area contributed by atoms with Gasteiger partial charge >= 0.3 is 0 Å². The van der Waals surface area contributed by atoms with Crippen LogP contribution in [0.5, 0.6) is 0 Å². The monoisotopic (exact) mass is 218 g/mol. The highest BCUT2D eigenvalue weighted by atomic mass is 15.6.